The number of nitrogens with zero attached hydrogens (tertiary/aromatic N) is 4. The van der Waals surface area contributed by atoms with Crippen LogP contribution in [0.3, 0.4) is 0 Å². The molecular weight excluding hydrogens is 560 g/mol. The highest BCUT2D eigenvalue weighted by atomic mass is 16.5. The van der Waals surface area contributed by atoms with E-state index in [4.69, 9.17) is 4.74 Å². The zero-order valence-electron chi connectivity index (χ0n) is 26.0. The second-order valence-electron chi connectivity index (χ2n) is 10.8. The number of aromatic nitrogens is 3. The number of nitrogens with one attached hydrogen (secondary N) is 4. The maximum absolute atomic E-state index is 13.1. The van der Waals surface area contributed by atoms with Crippen LogP contribution < -0.4 is 26.0 Å². The monoisotopic (exact) mass is 600 g/mol. The molecule has 0 saturated carbocycles. The lowest BCUT2D eigenvalue weighted by Crippen LogP contribution is -2.28. The number of anilines is 3. The molecule has 232 valence electrons. The summed E-state index contributed by atoms with van der Waals surface area (Å²) in [6, 6.07) is 12.7. The number of hydrogen-bond acceptors (Lipinski definition) is 6. The van der Waals surface area contributed by atoms with E-state index in [-0.39, 0.29) is 17.7 Å². The molecule has 4 N–H and O–H groups in total. The predicted molar refractivity (Wildman–Crippen MR) is 173 cm³/mol. The molecule has 12 heteroatoms. The Morgan fingerprint density at radius 2 is 1.34 bits per heavy atom. The first kappa shape index (κ1) is 31.7. The van der Waals surface area contributed by atoms with Gasteiger partial charge in [0.2, 0.25) is 0 Å². The molecule has 0 spiro atoms. The summed E-state index contributed by atoms with van der Waals surface area (Å²) < 4.78 is 10.3. The summed E-state index contributed by atoms with van der Waals surface area (Å²) >= 11 is 0. The van der Waals surface area contributed by atoms with Gasteiger partial charge in [-0.25, -0.2) is 0 Å². The van der Waals surface area contributed by atoms with Crippen LogP contribution in [0.15, 0.2) is 67.3 Å². The number of methoxy groups -OCH3 is 1. The minimum absolute atomic E-state index is 0.206. The standard InChI is InChI=1S/C32H40N8O4/c1-37(2)14-8-12-34-30(41)27-17-24(20-39(27)4)35-32(43)29-18-25(21-40(29)5)36-31(42)28-16-23(19-38(28)3)33-13-11-22-9-7-10-26(15-22)44-6/h7,9-11,13,15-21,33H,8,12,14H2,1-6H3,(H,34,41)(H,35,43)(H,36,42)/b13-11+. The molecule has 0 saturated heterocycles. The molecular formula is C32H40N8O4. The highest BCUT2D eigenvalue weighted by molar-refractivity contribution is 6.07. The molecule has 0 aliphatic rings. The second kappa shape index (κ2) is 14.3. The predicted octanol–water partition coefficient (Wildman–Crippen LogP) is 3.98. The van der Waals surface area contributed by atoms with E-state index in [1.54, 1.807) is 78.7 Å². The van der Waals surface area contributed by atoms with Gasteiger partial charge < -0.3 is 44.6 Å². The van der Waals surface area contributed by atoms with Crippen LogP contribution in [0.4, 0.5) is 17.1 Å². The average Bonchev–Trinajstić information content (AvgIpc) is 3.66. The van der Waals surface area contributed by atoms with Crippen molar-refractivity contribution in [3.05, 3.63) is 89.9 Å². The molecule has 0 aliphatic carbocycles. The second-order valence-corrected chi connectivity index (χ2v) is 10.8. The van der Waals surface area contributed by atoms with Crippen LogP contribution >= 0.6 is 0 Å². The minimum Gasteiger partial charge on any atom is -0.497 e. The zero-order chi connectivity index (χ0) is 31.8. The summed E-state index contributed by atoms with van der Waals surface area (Å²) in [7, 11) is 10.9. The van der Waals surface area contributed by atoms with Gasteiger partial charge in [0, 0.05) is 52.5 Å². The molecule has 0 fully saturated rings. The van der Waals surface area contributed by atoms with Gasteiger partial charge in [0.05, 0.1) is 24.2 Å². The summed E-state index contributed by atoms with van der Waals surface area (Å²) in [5, 5.41) is 11.8. The van der Waals surface area contributed by atoms with E-state index in [2.05, 4.69) is 26.2 Å². The average molecular weight is 601 g/mol. The van der Waals surface area contributed by atoms with E-state index >= 15 is 0 Å². The Morgan fingerprint density at radius 3 is 1.91 bits per heavy atom. The third-order valence-corrected chi connectivity index (χ3v) is 6.92. The van der Waals surface area contributed by atoms with E-state index in [1.165, 1.54) is 0 Å². The van der Waals surface area contributed by atoms with Crippen LogP contribution in [-0.4, -0.2) is 70.6 Å². The maximum Gasteiger partial charge on any atom is 0.272 e. The van der Waals surface area contributed by atoms with E-state index in [0.29, 0.717) is 35.0 Å². The van der Waals surface area contributed by atoms with Crippen LogP contribution in [0.5, 0.6) is 5.75 Å². The Bertz CT molecular complexity index is 1660. The molecule has 0 bridgehead atoms. The summed E-state index contributed by atoms with van der Waals surface area (Å²) in [5.74, 6) is -0.126. The Kier molecular flexibility index (Phi) is 10.3. The molecule has 3 aromatic heterocycles. The van der Waals surface area contributed by atoms with E-state index < -0.39 is 0 Å². The largest absolute Gasteiger partial charge is 0.497 e. The van der Waals surface area contributed by atoms with Gasteiger partial charge in [-0.15, -0.1) is 0 Å². The van der Waals surface area contributed by atoms with Crippen molar-refractivity contribution in [2.75, 3.05) is 50.2 Å². The number of hydrogen-bond donors (Lipinski definition) is 4. The molecule has 0 aliphatic heterocycles. The van der Waals surface area contributed by atoms with Gasteiger partial charge in [-0.1, -0.05) is 12.1 Å². The Hall–Kier alpha value is -5.23. The van der Waals surface area contributed by atoms with Crippen molar-refractivity contribution in [3.8, 4) is 5.75 Å². The minimum atomic E-state index is -0.371. The van der Waals surface area contributed by atoms with Crippen molar-refractivity contribution >= 4 is 40.9 Å². The fourth-order valence-corrected chi connectivity index (χ4v) is 4.64. The van der Waals surface area contributed by atoms with Crippen molar-refractivity contribution in [2.45, 2.75) is 6.42 Å². The number of aryl methyl sites for hydroxylation is 3. The van der Waals surface area contributed by atoms with E-state index in [9.17, 15) is 14.4 Å². The zero-order valence-corrected chi connectivity index (χ0v) is 26.0. The summed E-state index contributed by atoms with van der Waals surface area (Å²) in [5.41, 5.74) is 3.91. The van der Waals surface area contributed by atoms with Crippen LogP contribution in [-0.2, 0) is 21.1 Å². The molecule has 12 nitrogen and oxygen atoms in total. The lowest BCUT2D eigenvalue weighted by atomic mass is 10.2. The highest BCUT2D eigenvalue weighted by Gasteiger charge is 2.18. The number of carbonyl (C=O) groups is 3. The van der Waals surface area contributed by atoms with Crippen molar-refractivity contribution in [1.29, 1.82) is 0 Å². The highest BCUT2D eigenvalue weighted by Crippen LogP contribution is 2.20. The van der Waals surface area contributed by atoms with Crippen molar-refractivity contribution in [2.24, 2.45) is 21.1 Å². The molecule has 44 heavy (non-hydrogen) atoms. The van der Waals surface area contributed by atoms with Gasteiger partial charge in [-0.2, -0.15) is 0 Å². The number of rotatable bonds is 13. The number of ether oxygens (including phenoxy) is 1. The van der Waals surface area contributed by atoms with Gasteiger partial charge in [0.1, 0.15) is 22.8 Å². The van der Waals surface area contributed by atoms with Gasteiger partial charge in [-0.3, -0.25) is 14.4 Å². The fourth-order valence-electron chi connectivity index (χ4n) is 4.64. The smallest absolute Gasteiger partial charge is 0.272 e. The molecule has 3 amide bonds. The van der Waals surface area contributed by atoms with Crippen molar-refractivity contribution in [1.82, 2.24) is 23.9 Å². The molecule has 4 rings (SSSR count). The third kappa shape index (κ3) is 8.19. The molecule has 0 unspecified atom stereocenters. The number of amides is 3. The topological polar surface area (TPSA) is 127 Å². The van der Waals surface area contributed by atoms with Crippen LogP contribution in [0, 0.1) is 0 Å². The van der Waals surface area contributed by atoms with E-state index in [1.807, 2.05) is 50.6 Å². The molecule has 1 aromatic carbocycles. The molecule has 0 radical (unpaired) electrons. The SMILES string of the molecule is COc1cccc(/C=C/Nc2cc(C(=O)Nc3cc(C(=O)Nc4cc(C(=O)NCCCN(C)C)n(C)c4)n(C)c3)n(C)c2)c1. The van der Waals surface area contributed by atoms with Gasteiger partial charge >= 0.3 is 0 Å². The van der Waals surface area contributed by atoms with Gasteiger partial charge in [0.25, 0.3) is 17.7 Å². The lowest BCUT2D eigenvalue weighted by Gasteiger charge is -2.10. The van der Waals surface area contributed by atoms with Crippen molar-refractivity contribution in [3.63, 3.8) is 0 Å². The first-order valence-corrected chi connectivity index (χ1v) is 14.2. The summed E-state index contributed by atoms with van der Waals surface area (Å²) in [6.07, 6.45) is 9.71. The normalized spacial score (nSPS) is 11.2. The Balaban J connectivity index is 1.35. The van der Waals surface area contributed by atoms with Gasteiger partial charge in [0.15, 0.2) is 0 Å². The Labute approximate surface area is 257 Å². The van der Waals surface area contributed by atoms with Crippen molar-refractivity contribution < 1.29 is 19.1 Å². The number of carbonyl (C=O) groups excluding carboxylic acids is 3. The summed E-state index contributed by atoms with van der Waals surface area (Å²) in [6.45, 7) is 1.43. The fraction of sp³-hybridized carbons (Fsp3) is 0.281. The third-order valence-electron chi connectivity index (χ3n) is 6.92. The first-order chi connectivity index (χ1) is 21.0. The Morgan fingerprint density at radius 1 is 0.795 bits per heavy atom. The van der Waals surface area contributed by atoms with Crippen LogP contribution in [0.25, 0.3) is 6.08 Å². The van der Waals surface area contributed by atoms with Crippen LogP contribution in [0.2, 0.25) is 0 Å². The van der Waals surface area contributed by atoms with Gasteiger partial charge in [-0.05, 0) is 69.0 Å². The maximum atomic E-state index is 13.1. The number of benzene rings is 1. The van der Waals surface area contributed by atoms with Crippen LogP contribution in [0.1, 0.15) is 43.4 Å². The quantitative estimate of drug-likeness (QED) is 0.172. The van der Waals surface area contributed by atoms with E-state index in [0.717, 1.165) is 30.0 Å². The molecule has 4 aromatic rings. The first-order valence-electron chi connectivity index (χ1n) is 14.2. The molecule has 0 atom stereocenters. The lowest BCUT2D eigenvalue weighted by molar-refractivity contribution is 0.0942. The molecule has 3 heterocycles. The summed E-state index contributed by atoms with van der Waals surface area (Å²) in [4.78, 5) is 40.8.